The van der Waals surface area contributed by atoms with Crippen LogP contribution < -0.4 is 10.2 Å². The lowest BCUT2D eigenvalue weighted by Gasteiger charge is -2.28. The molecular formula is C20H20ClN3O6. The zero-order chi connectivity index (χ0) is 21.7. The van der Waals surface area contributed by atoms with Crippen LogP contribution in [0.4, 0.5) is 17.1 Å². The highest BCUT2D eigenvalue weighted by molar-refractivity contribution is 6.31. The van der Waals surface area contributed by atoms with Crippen LogP contribution in [0.25, 0.3) is 0 Å². The van der Waals surface area contributed by atoms with Crippen LogP contribution in [-0.2, 0) is 14.3 Å². The third-order valence-corrected chi connectivity index (χ3v) is 4.96. The average Bonchev–Trinajstić information content (AvgIpc) is 2.74. The lowest BCUT2D eigenvalue weighted by molar-refractivity contribution is -0.384. The molecule has 1 heterocycles. The molecule has 9 nitrogen and oxygen atoms in total. The molecule has 0 spiro atoms. The van der Waals surface area contributed by atoms with E-state index >= 15 is 0 Å². The lowest BCUT2D eigenvalue weighted by Crippen LogP contribution is -2.36. The molecule has 10 heteroatoms. The standard InChI is InChI=1S/C20H20ClN3O6/c1-13-2-4-15(11-16(13)21)22-19(25)12-30-20(26)14-3-5-17(18(10-14)24(27)28)23-6-8-29-9-7-23/h2-5,10-11H,6-9,12H2,1H3,(H,22,25). The molecular weight excluding hydrogens is 414 g/mol. The van der Waals surface area contributed by atoms with E-state index in [1.54, 1.807) is 18.2 Å². The highest BCUT2D eigenvalue weighted by Crippen LogP contribution is 2.30. The first kappa shape index (κ1) is 21.5. The minimum Gasteiger partial charge on any atom is -0.452 e. The third kappa shape index (κ3) is 5.25. The van der Waals surface area contributed by atoms with Gasteiger partial charge in [-0.05, 0) is 36.8 Å². The van der Waals surface area contributed by atoms with Gasteiger partial charge in [0.05, 0.1) is 23.7 Å². The maximum absolute atomic E-state index is 12.3. The zero-order valence-corrected chi connectivity index (χ0v) is 17.0. The molecule has 158 valence electrons. The second kappa shape index (κ2) is 9.55. The van der Waals surface area contributed by atoms with E-state index in [0.29, 0.717) is 42.7 Å². The number of nitrogens with one attached hydrogen (secondary N) is 1. The summed E-state index contributed by atoms with van der Waals surface area (Å²) in [5.41, 5.74) is 1.53. The van der Waals surface area contributed by atoms with Crippen LogP contribution in [-0.4, -0.2) is 49.7 Å². The molecule has 1 aliphatic heterocycles. The number of hydrogen-bond acceptors (Lipinski definition) is 7. The normalized spacial score (nSPS) is 13.6. The molecule has 0 radical (unpaired) electrons. The summed E-state index contributed by atoms with van der Waals surface area (Å²) >= 11 is 6.01. The van der Waals surface area contributed by atoms with E-state index < -0.39 is 23.4 Å². The van der Waals surface area contributed by atoms with Crippen LogP contribution in [0.3, 0.4) is 0 Å². The minimum absolute atomic E-state index is 0.00936. The Morgan fingerprint density at radius 2 is 1.97 bits per heavy atom. The quantitative estimate of drug-likeness (QED) is 0.423. The van der Waals surface area contributed by atoms with E-state index in [2.05, 4.69) is 5.32 Å². The Kier molecular flexibility index (Phi) is 6.86. The number of carbonyl (C=O) groups is 2. The van der Waals surface area contributed by atoms with E-state index in [1.165, 1.54) is 12.1 Å². The number of esters is 1. The number of anilines is 2. The summed E-state index contributed by atoms with van der Waals surface area (Å²) in [5.74, 6) is -1.38. The fourth-order valence-electron chi connectivity index (χ4n) is 2.95. The molecule has 2 aromatic rings. The number of rotatable bonds is 6. The Labute approximate surface area is 177 Å². The van der Waals surface area contributed by atoms with Crippen molar-refractivity contribution in [3.63, 3.8) is 0 Å². The Balaban J connectivity index is 1.64. The molecule has 1 amide bonds. The summed E-state index contributed by atoms with van der Waals surface area (Å²) in [6.45, 7) is 3.29. The molecule has 0 aliphatic carbocycles. The number of hydrogen-bond donors (Lipinski definition) is 1. The minimum atomic E-state index is -0.830. The number of ether oxygens (including phenoxy) is 2. The van der Waals surface area contributed by atoms with Crippen molar-refractivity contribution in [2.24, 2.45) is 0 Å². The summed E-state index contributed by atoms with van der Waals surface area (Å²) < 4.78 is 10.3. The van der Waals surface area contributed by atoms with Gasteiger partial charge in [-0.25, -0.2) is 4.79 Å². The molecule has 3 rings (SSSR count). The van der Waals surface area contributed by atoms with Crippen LogP contribution in [0.2, 0.25) is 5.02 Å². The fourth-order valence-corrected chi connectivity index (χ4v) is 3.13. The summed E-state index contributed by atoms with van der Waals surface area (Å²) in [6, 6.07) is 9.12. The van der Waals surface area contributed by atoms with Crippen molar-refractivity contribution in [3.8, 4) is 0 Å². The van der Waals surface area contributed by atoms with Gasteiger partial charge in [0.2, 0.25) is 0 Å². The first-order chi connectivity index (χ1) is 14.3. The summed E-state index contributed by atoms with van der Waals surface area (Å²) in [6.07, 6.45) is 0. The van der Waals surface area contributed by atoms with E-state index in [1.807, 2.05) is 11.8 Å². The Bertz CT molecular complexity index is 975. The molecule has 1 aliphatic rings. The zero-order valence-electron chi connectivity index (χ0n) is 16.2. The van der Waals surface area contributed by atoms with Gasteiger partial charge in [-0.1, -0.05) is 17.7 Å². The van der Waals surface area contributed by atoms with Gasteiger partial charge < -0.3 is 19.7 Å². The number of nitro benzene ring substituents is 1. The summed E-state index contributed by atoms with van der Waals surface area (Å²) in [4.78, 5) is 37.1. The number of morpholine rings is 1. The molecule has 0 atom stereocenters. The number of nitrogens with zero attached hydrogens (tertiary/aromatic N) is 2. The molecule has 0 unspecified atom stereocenters. The maximum Gasteiger partial charge on any atom is 0.338 e. The Morgan fingerprint density at radius 3 is 2.63 bits per heavy atom. The molecule has 0 aromatic heterocycles. The van der Waals surface area contributed by atoms with Gasteiger partial charge in [-0.3, -0.25) is 14.9 Å². The van der Waals surface area contributed by atoms with Gasteiger partial charge in [-0.2, -0.15) is 0 Å². The highest BCUT2D eigenvalue weighted by Gasteiger charge is 2.24. The molecule has 2 aromatic carbocycles. The second-order valence-electron chi connectivity index (χ2n) is 6.65. The van der Waals surface area contributed by atoms with Gasteiger partial charge in [0.1, 0.15) is 5.69 Å². The van der Waals surface area contributed by atoms with Crippen molar-refractivity contribution in [1.29, 1.82) is 0 Å². The van der Waals surface area contributed by atoms with Crippen LogP contribution in [0, 0.1) is 17.0 Å². The summed E-state index contributed by atoms with van der Waals surface area (Å²) in [5, 5.41) is 14.5. The monoisotopic (exact) mass is 433 g/mol. The number of aryl methyl sites for hydroxylation is 1. The number of nitro groups is 1. The Morgan fingerprint density at radius 1 is 1.23 bits per heavy atom. The SMILES string of the molecule is Cc1ccc(NC(=O)COC(=O)c2ccc(N3CCOCC3)c([N+](=O)[O-])c2)cc1Cl. The Hall–Kier alpha value is -3.17. The molecule has 30 heavy (non-hydrogen) atoms. The van der Waals surface area contributed by atoms with Gasteiger partial charge in [0.25, 0.3) is 11.6 Å². The van der Waals surface area contributed by atoms with E-state index in [4.69, 9.17) is 21.1 Å². The third-order valence-electron chi connectivity index (χ3n) is 4.55. The van der Waals surface area contributed by atoms with Gasteiger partial charge >= 0.3 is 5.97 Å². The lowest BCUT2D eigenvalue weighted by atomic mass is 10.1. The fraction of sp³-hybridized carbons (Fsp3) is 0.300. The van der Waals surface area contributed by atoms with Crippen LogP contribution in [0.5, 0.6) is 0 Å². The van der Waals surface area contributed by atoms with E-state index in [0.717, 1.165) is 11.6 Å². The predicted molar refractivity (Wildman–Crippen MR) is 111 cm³/mol. The molecule has 1 N–H and O–H groups in total. The number of benzene rings is 2. The van der Waals surface area contributed by atoms with Crippen LogP contribution in [0.1, 0.15) is 15.9 Å². The molecule has 1 saturated heterocycles. The first-order valence-corrected chi connectivity index (χ1v) is 9.57. The largest absolute Gasteiger partial charge is 0.452 e. The van der Waals surface area contributed by atoms with Crippen molar-refractivity contribution >= 4 is 40.5 Å². The molecule has 0 saturated carbocycles. The summed E-state index contributed by atoms with van der Waals surface area (Å²) in [7, 11) is 0. The number of carbonyl (C=O) groups excluding carboxylic acids is 2. The van der Waals surface area contributed by atoms with Gasteiger partial charge in [0.15, 0.2) is 6.61 Å². The van der Waals surface area contributed by atoms with E-state index in [-0.39, 0.29) is 11.3 Å². The maximum atomic E-state index is 12.3. The van der Waals surface area contributed by atoms with Crippen LogP contribution in [0.15, 0.2) is 36.4 Å². The number of halogens is 1. The number of amides is 1. The van der Waals surface area contributed by atoms with Crippen molar-refractivity contribution < 1.29 is 24.0 Å². The van der Waals surface area contributed by atoms with Crippen LogP contribution >= 0.6 is 11.6 Å². The van der Waals surface area contributed by atoms with Crippen molar-refractivity contribution in [1.82, 2.24) is 0 Å². The second-order valence-corrected chi connectivity index (χ2v) is 7.06. The topological polar surface area (TPSA) is 111 Å². The van der Waals surface area contributed by atoms with Crippen molar-refractivity contribution in [2.75, 3.05) is 43.1 Å². The van der Waals surface area contributed by atoms with Gasteiger partial charge in [-0.15, -0.1) is 0 Å². The molecule has 1 fully saturated rings. The van der Waals surface area contributed by atoms with Gasteiger partial charge in [0, 0.05) is 29.9 Å². The molecule has 0 bridgehead atoms. The first-order valence-electron chi connectivity index (χ1n) is 9.19. The van der Waals surface area contributed by atoms with Crippen molar-refractivity contribution in [3.05, 3.63) is 62.7 Å². The predicted octanol–water partition coefficient (Wildman–Crippen LogP) is 3.19. The van der Waals surface area contributed by atoms with E-state index in [9.17, 15) is 19.7 Å². The smallest absolute Gasteiger partial charge is 0.338 e. The highest BCUT2D eigenvalue weighted by atomic mass is 35.5. The average molecular weight is 434 g/mol. The van der Waals surface area contributed by atoms with Crippen molar-refractivity contribution in [2.45, 2.75) is 6.92 Å².